The first-order valence-corrected chi connectivity index (χ1v) is 10.3. The second kappa shape index (κ2) is 7.96. The molecule has 0 atom stereocenters. The van der Waals surface area contributed by atoms with Crippen LogP contribution in [0.25, 0.3) is 0 Å². The van der Waals surface area contributed by atoms with E-state index in [1.165, 1.54) is 16.4 Å². The molecule has 0 bridgehead atoms. The van der Waals surface area contributed by atoms with Crippen molar-refractivity contribution in [2.45, 2.75) is 24.7 Å². The standard InChI is InChI=1S/C19H19ClFNO4S/c1-13-12-15(20)2-7-18(13)26-19(23)14-8-10-22(11-9-14)27(24,25)17-5-3-16(21)4-6-17/h2-7,12,14H,8-11H2,1H3. The normalized spacial score (nSPS) is 16.3. The molecule has 0 aliphatic carbocycles. The van der Waals surface area contributed by atoms with E-state index in [4.69, 9.17) is 16.3 Å². The van der Waals surface area contributed by atoms with E-state index in [1.807, 2.05) is 0 Å². The highest BCUT2D eigenvalue weighted by molar-refractivity contribution is 7.89. The molecular weight excluding hydrogens is 393 g/mol. The lowest BCUT2D eigenvalue weighted by Gasteiger charge is -2.30. The van der Waals surface area contributed by atoms with Crippen LogP contribution in [0.4, 0.5) is 4.39 Å². The molecule has 8 heteroatoms. The Morgan fingerprint density at radius 2 is 1.78 bits per heavy atom. The molecule has 27 heavy (non-hydrogen) atoms. The first-order valence-electron chi connectivity index (χ1n) is 8.51. The summed E-state index contributed by atoms with van der Waals surface area (Å²) in [6, 6.07) is 9.72. The highest BCUT2D eigenvalue weighted by atomic mass is 35.5. The summed E-state index contributed by atoms with van der Waals surface area (Å²) in [7, 11) is -3.70. The molecule has 2 aromatic carbocycles. The predicted octanol–water partition coefficient (Wildman–Crippen LogP) is 3.79. The minimum atomic E-state index is -3.70. The number of piperidine rings is 1. The smallest absolute Gasteiger partial charge is 0.314 e. The van der Waals surface area contributed by atoms with E-state index < -0.39 is 15.8 Å². The van der Waals surface area contributed by atoms with Crippen LogP contribution < -0.4 is 4.74 Å². The third kappa shape index (κ3) is 4.48. The Bertz CT molecular complexity index is 939. The van der Waals surface area contributed by atoms with Gasteiger partial charge in [0.2, 0.25) is 10.0 Å². The van der Waals surface area contributed by atoms with Crippen molar-refractivity contribution < 1.29 is 22.3 Å². The molecule has 1 saturated heterocycles. The zero-order valence-electron chi connectivity index (χ0n) is 14.7. The molecule has 144 valence electrons. The second-order valence-electron chi connectivity index (χ2n) is 6.46. The van der Waals surface area contributed by atoms with Crippen molar-refractivity contribution >= 4 is 27.6 Å². The lowest BCUT2D eigenvalue weighted by Crippen LogP contribution is -2.41. The monoisotopic (exact) mass is 411 g/mol. The quantitative estimate of drug-likeness (QED) is 0.567. The molecule has 3 rings (SSSR count). The van der Waals surface area contributed by atoms with Gasteiger partial charge in [-0.2, -0.15) is 4.31 Å². The van der Waals surface area contributed by atoms with Gasteiger partial charge in [0.05, 0.1) is 10.8 Å². The Morgan fingerprint density at radius 3 is 2.37 bits per heavy atom. The summed E-state index contributed by atoms with van der Waals surface area (Å²) >= 11 is 5.90. The van der Waals surface area contributed by atoms with E-state index in [0.29, 0.717) is 23.6 Å². The first-order chi connectivity index (χ1) is 12.8. The summed E-state index contributed by atoms with van der Waals surface area (Å²) < 4.78 is 45.0. The van der Waals surface area contributed by atoms with Crippen molar-refractivity contribution in [1.82, 2.24) is 4.31 Å². The SMILES string of the molecule is Cc1cc(Cl)ccc1OC(=O)C1CCN(S(=O)(=O)c2ccc(F)cc2)CC1. The number of hydrogen-bond acceptors (Lipinski definition) is 4. The fourth-order valence-corrected chi connectivity index (χ4v) is 4.70. The van der Waals surface area contributed by atoms with Gasteiger partial charge in [0.15, 0.2) is 0 Å². The zero-order chi connectivity index (χ0) is 19.6. The average Bonchev–Trinajstić information content (AvgIpc) is 2.64. The van der Waals surface area contributed by atoms with Gasteiger partial charge in [-0.15, -0.1) is 0 Å². The predicted molar refractivity (Wildman–Crippen MR) is 99.7 cm³/mol. The van der Waals surface area contributed by atoms with Crippen LogP contribution in [0, 0.1) is 18.7 Å². The summed E-state index contributed by atoms with van der Waals surface area (Å²) in [5.74, 6) is -0.794. The fourth-order valence-electron chi connectivity index (χ4n) is 3.01. The summed E-state index contributed by atoms with van der Waals surface area (Å²) in [4.78, 5) is 12.4. The molecule has 0 unspecified atom stereocenters. The van der Waals surface area contributed by atoms with Gasteiger partial charge in [-0.25, -0.2) is 12.8 Å². The maximum Gasteiger partial charge on any atom is 0.314 e. The van der Waals surface area contributed by atoms with Gasteiger partial charge >= 0.3 is 5.97 Å². The molecule has 1 aliphatic heterocycles. The molecule has 5 nitrogen and oxygen atoms in total. The minimum Gasteiger partial charge on any atom is -0.426 e. The number of halogens is 2. The number of sulfonamides is 1. The van der Waals surface area contributed by atoms with Crippen LogP contribution in [0.1, 0.15) is 18.4 Å². The third-order valence-corrected chi connectivity index (χ3v) is 6.73. The number of esters is 1. The molecule has 1 fully saturated rings. The van der Waals surface area contributed by atoms with Gasteiger partial charge in [-0.05, 0) is 67.8 Å². The Morgan fingerprint density at radius 1 is 1.15 bits per heavy atom. The van der Waals surface area contributed by atoms with Crippen LogP contribution in [0.2, 0.25) is 5.02 Å². The van der Waals surface area contributed by atoms with Crippen molar-refractivity contribution in [2.75, 3.05) is 13.1 Å². The van der Waals surface area contributed by atoms with Crippen LogP contribution in [0.5, 0.6) is 5.75 Å². The van der Waals surface area contributed by atoms with Gasteiger partial charge in [-0.1, -0.05) is 11.6 Å². The lowest BCUT2D eigenvalue weighted by molar-refractivity contribution is -0.140. The van der Waals surface area contributed by atoms with Gasteiger partial charge in [0.25, 0.3) is 0 Å². The third-order valence-electron chi connectivity index (χ3n) is 4.59. The molecule has 1 heterocycles. The van der Waals surface area contributed by atoms with E-state index in [2.05, 4.69) is 0 Å². The molecule has 0 spiro atoms. The minimum absolute atomic E-state index is 0.0433. The average molecular weight is 412 g/mol. The maximum atomic E-state index is 13.0. The number of hydrogen-bond donors (Lipinski definition) is 0. The van der Waals surface area contributed by atoms with Crippen molar-refractivity contribution in [3.8, 4) is 5.75 Å². The van der Waals surface area contributed by atoms with E-state index >= 15 is 0 Å². The number of aryl methyl sites for hydroxylation is 1. The van der Waals surface area contributed by atoms with E-state index in [9.17, 15) is 17.6 Å². The molecule has 0 radical (unpaired) electrons. The zero-order valence-corrected chi connectivity index (χ0v) is 16.3. The van der Waals surface area contributed by atoms with E-state index in [1.54, 1.807) is 25.1 Å². The Kier molecular flexibility index (Phi) is 5.83. The van der Waals surface area contributed by atoms with Gasteiger partial charge in [-0.3, -0.25) is 4.79 Å². The number of nitrogens with zero attached hydrogens (tertiary/aromatic N) is 1. The summed E-state index contributed by atoms with van der Waals surface area (Å²) in [6.45, 7) is 2.21. The molecular formula is C19H19ClFNO4S. The van der Waals surface area contributed by atoms with Crippen molar-refractivity contribution in [3.05, 3.63) is 58.9 Å². The number of rotatable bonds is 4. The molecule has 0 saturated carbocycles. The van der Waals surface area contributed by atoms with Crippen LogP contribution in [-0.4, -0.2) is 31.8 Å². The largest absolute Gasteiger partial charge is 0.426 e. The molecule has 0 N–H and O–H groups in total. The van der Waals surface area contributed by atoms with Crippen molar-refractivity contribution in [1.29, 1.82) is 0 Å². The Hall–Kier alpha value is -1.96. The van der Waals surface area contributed by atoms with E-state index in [-0.39, 0.29) is 29.9 Å². The summed E-state index contributed by atoms with van der Waals surface area (Å²) in [6.07, 6.45) is 0.734. The van der Waals surface area contributed by atoms with Crippen LogP contribution >= 0.6 is 11.6 Å². The lowest BCUT2D eigenvalue weighted by atomic mass is 9.98. The first kappa shape index (κ1) is 19.8. The van der Waals surface area contributed by atoms with Gasteiger partial charge < -0.3 is 4.74 Å². The number of ether oxygens (including phenoxy) is 1. The van der Waals surface area contributed by atoms with Gasteiger partial charge in [0.1, 0.15) is 11.6 Å². The fraction of sp³-hybridized carbons (Fsp3) is 0.316. The maximum absolute atomic E-state index is 13.0. The van der Waals surface area contributed by atoms with Crippen LogP contribution in [-0.2, 0) is 14.8 Å². The highest BCUT2D eigenvalue weighted by Gasteiger charge is 2.33. The number of carbonyl (C=O) groups excluding carboxylic acids is 1. The van der Waals surface area contributed by atoms with Crippen LogP contribution in [0.3, 0.4) is 0 Å². The van der Waals surface area contributed by atoms with Crippen molar-refractivity contribution in [3.63, 3.8) is 0 Å². The van der Waals surface area contributed by atoms with Gasteiger partial charge in [0, 0.05) is 18.1 Å². The summed E-state index contributed by atoms with van der Waals surface area (Å²) in [5, 5.41) is 0.562. The molecule has 2 aromatic rings. The number of carbonyl (C=O) groups is 1. The Balaban J connectivity index is 1.62. The molecule has 0 amide bonds. The molecule has 1 aliphatic rings. The topological polar surface area (TPSA) is 63.7 Å². The molecule has 0 aromatic heterocycles. The summed E-state index contributed by atoms with van der Waals surface area (Å²) in [5.41, 5.74) is 0.757. The van der Waals surface area contributed by atoms with Crippen LogP contribution in [0.15, 0.2) is 47.4 Å². The highest BCUT2D eigenvalue weighted by Crippen LogP contribution is 2.27. The second-order valence-corrected chi connectivity index (χ2v) is 8.84. The van der Waals surface area contributed by atoms with Crippen molar-refractivity contribution in [2.24, 2.45) is 5.92 Å². The number of benzene rings is 2. The van der Waals surface area contributed by atoms with E-state index in [0.717, 1.165) is 17.7 Å². The Labute approximate surface area is 162 Å².